The standard InChI is InChI=1S/C12H14F2N2O3/c13-12(14)1-3-15(4-2-12)10-5-9(8-17)6-11(7-10)16(18)19/h5-7,17H,1-4,8H2. The summed E-state index contributed by atoms with van der Waals surface area (Å²) in [6.07, 6.45) is -0.520. The third-order valence-electron chi connectivity index (χ3n) is 3.22. The fourth-order valence-corrected chi connectivity index (χ4v) is 2.13. The number of benzene rings is 1. The number of aliphatic hydroxyl groups is 1. The van der Waals surface area contributed by atoms with Crippen LogP contribution in [0.3, 0.4) is 0 Å². The van der Waals surface area contributed by atoms with E-state index in [1.54, 1.807) is 11.0 Å². The average Bonchev–Trinajstić information content (AvgIpc) is 2.38. The minimum absolute atomic E-state index is 0.140. The largest absolute Gasteiger partial charge is 0.392 e. The molecule has 2 rings (SSSR count). The highest BCUT2D eigenvalue weighted by Gasteiger charge is 2.34. The van der Waals surface area contributed by atoms with Crippen LogP contribution in [0.15, 0.2) is 18.2 Å². The highest BCUT2D eigenvalue weighted by Crippen LogP contribution is 2.32. The molecule has 0 aromatic heterocycles. The maximum absolute atomic E-state index is 13.1. The number of rotatable bonds is 3. The van der Waals surface area contributed by atoms with Gasteiger partial charge in [-0.15, -0.1) is 0 Å². The molecule has 0 radical (unpaired) electrons. The minimum atomic E-state index is -2.66. The lowest BCUT2D eigenvalue weighted by Crippen LogP contribution is -2.39. The Kier molecular flexibility index (Phi) is 3.66. The molecule has 1 aliphatic heterocycles. The molecule has 0 amide bonds. The predicted molar refractivity (Wildman–Crippen MR) is 65.4 cm³/mol. The van der Waals surface area contributed by atoms with E-state index in [-0.39, 0.29) is 38.2 Å². The number of piperidine rings is 1. The van der Waals surface area contributed by atoms with Crippen LogP contribution >= 0.6 is 0 Å². The van der Waals surface area contributed by atoms with Crippen LogP contribution in [0.1, 0.15) is 18.4 Å². The van der Waals surface area contributed by atoms with Crippen molar-refractivity contribution in [1.82, 2.24) is 0 Å². The second-order valence-corrected chi connectivity index (χ2v) is 4.62. The summed E-state index contributed by atoms with van der Waals surface area (Å²) in [5.74, 6) is -2.66. The van der Waals surface area contributed by atoms with Crippen LogP contribution < -0.4 is 4.90 Å². The zero-order valence-electron chi connectivity index (χ0n) is 10.2. The van der Waals surface area contributed by atoms with E-state index >= 15 is 0 Å². The second kappa shape index (κ2) is 5.08. The van der Waals surface area contributed by atoms with Crippen molar-refractivity contribution in [3.63, 3.8) is 0 Å². The van der Waals surface area contributed by atoms with Gasteiger partial charge in [-0.05, 0) is 11.6 Å². The maximum Gasteiger partial charge on any atom is 0.271 e. The van der Waals surface area contributed by atoms with E-state index in [9.17, 15) is 18.9 Å². The molecular formula is C12H14F2N2O3. The Labute approximate surface area is 108 Å². The fraction of sp³-hybridized carbons (Fsp3) is 0.500. The Hall–Kier alpha value is -1.76. The van der Waals surface area contributed by atoms with Gasteiger partial charge in [0.1, 0.15) is 0 Å². The van der Waals surface area contributed by atoms with Crippen molar-refractivity contribution >= 4 is 11.4 Å². The number of anilines is 1. The van der Waals surface area contributed by atoms with Crippen LogP contribution in [0.4, 0.5) is 20.2 Å². The van der Waals surface area contributed by atoms with E-state index in [0.717, 1.165) is 0 Å². The first-order valence-corrected chi connectivity index (χ1v) is 5.93. The number of aliphatic hydroxyl groups excluding tert-OH is 1. The van der Waals surface area contributed by atoms with Crippen LogP contribution in [0.2, 0.25) is 0 Å². The van der Waals surface area contributed by atoms with Gasteiger partial charge in [0.05, 0.1) is 11.5 Å². The summed E-state index contributed by atoms with van der Waals surface area (Å²) in [5, 5.41) is 19.9. The first kappa shape index (κ1) is 13.7. The van der Waals surface area contributed by atoms with Crippen LogP contribution in [-0.2, 0) is 6.61 Å². The predicted octanol–water partition coefficient (Wildman–Crippen LogP) is 2.32. The van der Waals surface area contributed by atoms with Gasteiger partial charge in [0, 0.05) is 43.8 Å². The topological polar surface area (TPSA) is 66.6 Å². The quantitative estimate of drug-likeness (QED) is 0.677. The van der Waals surface area contributed by atoms with E-state index in [4.69, 9.17) is 5.11 Å². The molecule has 1 heterocycles. The number of nitro benzene ring substituents is 1. The molecule has 104 valence electrons. The second-order valence-electron chi connectivity index (χ2n) is 4.62. The summed E-state index contributed by atoms with van der Waals surface area (Å²) in [4.78, 5) is 11.9. The zero-order valence-corrected chi connectivity index (χ0v) is 10.2. The average molecular weight is 272 g/mol. The first-order valence-electron chi connectivity index (χ1n) is 5.93. The molecule has 19 heavy (non-hydrogen) atoms. The van der Waals surface area contributed by atoms with E-state index in [1.807, 2.05) is 0 Å². The van der Waals surface area contributed by atoms with Crippen molar-refractivity contribution in [2.75, 3.05) is 18.0 Å². The van der Waals surface area contributed by atoms with Gasteiger partial charge in [-0.1, -0.05) is 0 Å². The summed E-state index contributed by atoms with van der Waals surface area (Å²) in [5.41, 5.74) is 0.772. The normalized spacial score (nSPS) is 18.4. The zero-order chi connectivity index (χ0) is 14.0. The smallest absolute Gasteiger partial charge is 0.271 e. The number of halogens is 2. The van der Waals surface area contributed by atoms with Crippen molar-refractivity contribution in [2.45, 2.75) is 25.4 Å². The van der Waals surface area contributed by atoms with Crippen LogP contribution in [-0.4, -0.2) is 29.0 Å². The molecule has 1 fully saturated rings. The van der Waals surface area contributed by atoms with Gasteiger partial charge in [0.25, 0.3) is 11.6 Å². The van der Waals surface area contributed by atoms with Gasteiger partial charge in [0.15, 0.2) is 0 Å². The third kappa shape index (κ3) is 3.17. The van der Waals surface area contributed by atoms with Crippen molar-refractivity contribution < 1.29 is 18.8 Å². The molecule has 0 atom stereocenters. The van der Waals surface area contributed by atoms with Gasteiger partial charge in [-0.25, -0.2) is 8.78 Å². The minimum Gasteiger partial charge on any atom is -0.392 e. The van der Waals surface area contributed by atoms with Crippen molar-refractivity contribution in [1.29, 1.82) is 0 Å². The van der Waals surface area contributed by atoms with Gasteiger partial charge in [-0.3, -0.25) is 10.1 Å². The van der Waals surface area contributed by atoms with Crippen LogP contribution in [0.5, 0.6) is 0 Å². The Morgan fingerprint density at radius 1 is 1.32 bits per heavy atom. The molecule has 1 saturated heterocycles. The molecule has 5 nitrogen and oxygen atoms in total. The van der Waals surface area contributed by atoms with E-state index in [1.165, 1.54) is 12.1 Å². The Morgan fingerprint density at radius 3 is 2.47 bits per heavy atom. The van der Waals surface area contributed by atoms with Gasteiger partial charge in [0.2, 0.25) is 0 Å². The number of hydrogen-bond acceptors (Lipinski definition) is 4. The van der Waals surface area contributed by atoms with E-state index < -0.39 is 10.8 Å². The molecule has 1 aliphatic rings. The maximum atomic E-state index is 13.1. The molecule has 0 unspecified atom stereocenters. The van der Waals surface area contributed by atoms with Crippen molar-refractivity contribution in [2.24, 2.45) is 0 Å². The lowest BCUT2D eigenvalue weighted by molar-refractivity contribution is -0.384. The van der Waals surface area contributed by atoms with Crippen LogP contribution in [0.25, 0.3) is 0 Å². The molecule has 0 bridgehead atoms. The first-order chi connectivity index (χ1) is 8.91. The SMILES string of the molecule is O=[N+]([O-])c1cc(CO)cc(N2CCC(F)(F)CC2)c1. The van der Waals surface area contributed by atoms with E-state index in [0.29, 0.717) is 11.3 Å². The van der Waals surface area contributed by atoms with Gasteiger partial charge >= 0.3 is 0 Å². The molecule has 0 aliphatic carbocycles. The lowest BCUT2D eigenvalue weighted by Gasteiger charge is -2.33. The van der Waals surface area contributed by atoms with Crippen molar-refractivity contribution in [3.8, 4) is 0 Å². The van der Waals surface area contributed by atoms with E-state index in [2.05, 4.69) is 0 Å². The Morgan fingerprint density at radius 2 is 1.95 bits per heavy atom. The number of nitrogens with zero attached hydrogens (tertiary/aromatic N) is 2. The molecule has 1 aromatic rings. The van der Waals surface area contributed by atoms with Crippen molar-refractivity contribution in [3.05, 3.63) is 33.9 Å². The highest BCUT2D eigenvalue weighted by atomic mass is 19.3. The Balaban J connectivity index is 2.24. The molecule has 1 N–H and O–H groups in total. The molecule has 1 aromatic carbocycles. The highest BCUT2D eigenvalue weighted by molar-refractivity contribution is 5.56. The number of hydrogen-bond donors (Lipinski definition) is 1. The van der Waals surface area contributed by atoms with Gasteiger partial charge in [-0.2, -0.15) is 0 Å². The van der Waals surface area contributed by atoms with Gasteiger partial charge < -0.3 is 10.0 Å². The number of nitro groups is 1. The summed E-state index contributed by atoms with van der Waals surface area (Å²) in [6, 6.07) is 4.22. The lowest BCUT2D eigenvalue weighted by atomic mass is 10.1. The van der Waals surface area contributed by atoms with Crippen LogP contribution in [0, 0.1) is 10.1 Å². The number of non-ortho nitro benzene ring substituents is 1. The summed E-state index contributed by atoms with van der Waals surface area (Å²) in [6.45, 7) is -0.0171. The monoisotopic (exact) mass is 272 g/mol. The molecule has 0 saturated carbocycles. The number of alkyl halides is 2. The molecule has 0 spiro atoms. The molecular weight excluding hydrogens is 258 g/mol. The third-order valence-corrected chi connectivity index (χ3v) is 3.22. The fourth-order valence-electron chi connectivity index (χ4n) is 2.13. The summed E-state index contributed by atoms with van der Waals surface area (Å²) >= 11 is 0. The molecule has 7 heteroatoms. The summed E-state index contributed by atoms with van der Waals surface area (Å²) < 4.78 is 26.1. The Bertz CT molecular complexity index is 484. The summed E-state index contributed by atoms with van der Waals surface area (Å²) in [7, 11) is 0.